The van der Waals surface area contributed by atoms with Crippen LogP contribution in [0.5, 0.6) is 0 Å². The number of nitrogens with one attached hydrogen (secondary N) is 1. The smallest absolute Gasteiger partial charge is 0.252 e. The summed E-state index contributed by atoms with van der Waals surface area (Å²) in [5.41, 5.74) is 7.74. The molecule has 2 rings (SSSR count). The van der Waals surface area contributed by atoms with E-state index in [0.717, 1.165) is 11.3 Å². The quantitative estimate of drug-likeness (QED) is 0.829. The maximum atomic E-state index is 12.2. The monoisotopic (exact) mass is 259 g/mol. The minimum atomic E-state index is -0.290. The van der Waals surface area contributed by atoms with E-state index in [9.17, 15) is 4.79 Å². The predicted octanol–water partition coefficient (Wildman–Crippen LogP) is 2.36. The summed E-state index contributed by atoms with van der Waals surface area (Å²) in [4.78, 5) is 16.3. The molecular weight excluding hydrogens is 242 g/mol. The third kappa shape index (κ3) is 2.76. The highest BCUT2D eigenvalue weighted by Crippen LogP contribution is 2.17. The van der Waals surface area contributed by atoms with Crippen LogP contribution in [0.25, 0.3) is 0 Å². The number of anilines is 1. The molecule has 19 heavy (non-hydrogen) atoms. The Balaban J connectivity index is 2.15. The third-order valence-electron chi connectivity index (χ3n) is 2.98. The van der Waals surface area contributed by atoms with E-state index in [1.54, 1.807) is 24.4 Å². The number of aryl methyl sites for hydroxylation is 1. The molecule has 0 saturated carbocycles. The van der Waals surface area contributed by atoms with Crippen molar-refractivity contribution in [3.8, 4) is 0 Å². The third-order valence-corrected chi connectivity index (χ3v) is 2.98. The fourth-order valence-corrected chi connectivity index (χ4v) is 1.81. The number of rotatable bonds is 3. The lowest BCUT2D eigenvalue weighted by atomic mass is 10.1. The lowest BCUT2D eigenvalue weighted by Gasteiger charge is -2.12. The molecule has 0 spiro atoms. The number of hydrogen-bond donors (Lipinski definition) is 2. The SMILES string of the molecule is Cc1cnc(C(C)NC(=O)c2cccc(N)c2C)o1. The van der Waals surface area contributed by atoms with Gasteiger partial charge in [0.1, 0.15) is 11.8 Å². The highest BCUT2D eigenvalue weighted by Gasteiger charge is 2.17. The second-order valence-electron chi connectivity index (χ2n) is 4.52. The zero-order valence-electron chi connectivity index (χ0n) is 11.2. The lowest BCUT2D eigenvalue weighted by Crippen LogP contribution is -2.27. The van der Waals surface area contributed by atoms with Gasteiger partial charge in [-0.05, 0) is 38.5 Å². The first kappa shape index (κ1) is 13.1. The molecule has 0 aliphatic rings. The Morgan fingerprint density at radius 1 is 1.42 bits per heavy atom. The summed E-state index contributed by atoms with van der Waals surface area (Å²) in [6, 6.07) is 4.99. The number of aromatic nitrogens is 1. The van der Waals surface area contributed by atoms with Crippen molar-refractivity contribution in [2.24, 2.45) is 0 Å². The van der Waals surface area contributed by atoms with Crippen LogP contribution >= 0.6 is 0 Å². The summed E-state index contributed by atoms with van der Waals surface area (Å²) in [6.45, 7) is 5.46. The summed E-state index contributed by atoms with van der Waals surface area (Å²) in [6.07, 6.45) is 1.63. The van der Waals surface area contributed by atoms with E-state index in [1.165, 1.54) is 0 Å². The highest BCUT2D eigenvalue weighted by atomic mass is 16.4. The maximum Gasteiger partial charge on any atom is 0.252 e. The fourth-order valence-electron chi connectivity index (χ4n) is 1.81. The largest absolute Gasteiger partial charge is 0.444 e. The van der Waals surface area contributed by atoms with Crippen molar-refractivity contribution in [3.63, 3.8) is 0 Å². The number of nitrogens with two attached hydrogens (primary N) is 1. The van der Waals surface area contributed by atoms with Crippen LogP contribution in [0.1, 0.15) is 40.5 Å². The molecule has 5 heteroatoms. The molecule has 1 unspecified atom stereocenters. The zero-order valence-corrected chi connectivity index (χ0v) is 11.2. The van der Waals surface area contributed by atoms with E-state index in [-0.39, 0.29) is 11.9 Å². The molecule has 1 atom stereocenters. The molecule has 1 aromatic carbocycles. The van der Waals surface area contributed by atoms with Gasteiger partial charge in [0, 0.05) is 11.3 Å². The normalized spacial score (nSPS) is 12.2. The molecule has 1 aromatic heterocycles. The van der Waals surface area contributed by atoms with Crippen molar-refractivity contribution in [2.45, 2.75) is 26.8 Å². The van der Waals surface area contributed by atoms with Gasteiger partial charge in [0.15, 0.2) is 0 Å². The molecule has 100 valence electrons. The lowest BCUT2D eigenvalue weighted by molar-refractivity contribution is 0.0933. The number of oxazole rings is 1. The van der Waals surface area contributed by atoms with Crippen LogP contribution in [0.4, 0.5) is 5.69 Å². The first-order valence-corrected chi connectivity index (χ1v) is 6.07. The molecule has 0 aliphatic heterocycles. The Bertz CT molecular complexity index is 604. The summed E-state index contributed by atoms with van der Waals surface area (Å²) in [7, 11) is 0. The van der Waals surface area contributed by atoms with E-state index in [4.69, 9.17) is 10.2 Å². The van der Waals surface area contributed by atoms with Gasteiger partial charge in [-0.15, -0.1) is 0 Å². The van der Waals surface area contributed by atoms with E-state index in [0.29, 0.717) is 17.1 Å². The van der Waals surface area contributed by atoms with Gasteiger partial charge in [-0.1, -0.05) is 6.07 Å². The average molecular weight is 259 g/mol. The Hall–Kier alpha value is -2.30. The highest BCUT2D eigenvalue weighted by molar-refractivity contribution is 5.97. The van der Waals surface area contributed by atoms with Crippen molar-refractivity contribution in [2.75, 3.05) is 5.73 Å². The van der Waals surface area contributed by atoms with Crippen molar-refractivity contribution in [1.82, 2.24) is 10.3 Å². The molecule has 3 N–H and O–H groups in total. The molecule has 0 radical (unpaired) electrons. The molecule has 5 nitrogen and oxygen atoms in total. The number of carbonyl (C=O) groups is 1. The summed E-state index contributed by atoms with van der Waals surface area (Å²) in [5.74, 6) is 1.02. The Morgan fingerprint density at radius 2 is 2.16 bits per heavy atom. The average Bonchev–Trinajstić information content (AvgIpc) is 2.79. The van der Waals surface area contributed by atoms with Gasteiger partial charge in [0.05, 0.1) is 6.20 Å². The second kappa shape index (κ2) is 5.14. The van der Waals surface area contributed by atoms with Crippen LogP contribution in [0.3, 0.4) is 0 Å². The van der Waals surface area contributed by atoms with Crippen molar-refractivity contribution in [1.29, 1.82) is 0 Å². The van der Waals surface area contributed by atoms with Crippen molar-refractivity contribution >= 4 is 11.6 Å². The Labute approximate surface area is 111 Å². The van der Waals surface area contributed by atoms with E-state index in [1.807, 2.05) is 20.8 Å². The van der Waals surface area contributed by atoms with E-state index >= 15 is 0 Å². The molecule has 1 heterocycles. The Morgan fingerprint density at radius 3 is 2.79 bits per heavy atom. The van der Waals surface area contributed by atoms with E-state index in [2.05, 4.69) is 10.3 Å². The van der Waals surface area contributed by atoms with Gasteiger partial charge in [-0.2, -0.15) is 0 Å². The van der Waals surface area contributed by atoms with Crippen molar-refractivity contribution in [3.05, 3.63) is 47.2 Å². The molecular formula is C14H17N3O2. The van der Waals surface area contributed by atoms with Gasteiger partial charge in [0.25, 0.3) is 5.91 Å². The number of carbonyl (C=O) groups excluding carboxylic acids is 1. The minimum absolute atomic E-state index is 0.187. The summed E-state index contributed by atoms with van der Waals surface area (Å²) >= 11 is 0. The topological polar surface area (TPSA) is 81.2 Å². The molecule has 0 saturated heterocycles. The summed E-state index contributed by atoms with van der Waals surface area (Å²) in [5, 5.41) is 2.84. The number of amides is 1. The number of nitrogens with zero attached hydrogens (tertiary/aromatic N) is 1. The van der Waals surface area contributed by atoms with Crippen LogP contribution in [-0.2, 0) is 0 Å². The number of benzene rings is 1. The summed E-state index contributed by atoms with van der Waals surface area (Å²) < 4.78 is 5.39. The number of hydrogen-bond acceptors (Lipinski definition) is 4. The standard InChI is InChI=1S/C14H17N3O2/c1-8-7-16-14(19-8)10(3)17-13(18)11-5-4-6-12(15)9(11)2/h4-7,10H,15H2,1-3H3,(H,17,18). The minimum Gasteiger partial charge on any atom is -0.444 e. The molecule has 0 bridgehead atoms. The molecule has 1 amide bonds. The van der Waals surface area contributed by atoms with Gasteiger partial charge < -0.3 is 15.5 Å². The molecule has 0 aliphatic carbocycles. The molecule has 2 aromatic rings. The van der Waals surface area contributed by atoms with E-state index < -0.39 is 0 Å². The fraction of sp³-hybridized carbons (Fsp3) is 0.286. The van der Waals surface area contributed by atoms with Crippen LogP contribution in [0.2, 0.25) is 0 Å². The zero-order chi connectivity index (χ0) is 14.0. The van der Waals surface area contributed by atoms with Crippen LogP contribution in [0.15, 0.2) is 28.8 Å². The Kier molecular flexibility index (Phi) is 3.55. The van der Waals surface area contributed by atoms with Crippen molar-refractivity contribution < 1.29 is 9.21 Å². The van der Waals surface area contributed by atoms with Crippen LogP contribution < -0.4 is 11.1 Å². The first-order valence-electron chi connectivity index (χ1n) is 6.07. The number of nitrogen functional groups attached to an aromatic ring is 1. The van der Waals surface area contributed by atoms with Gasteiger partial charge in [0.2, 0.25) is 5.89 Å². The van der Waals surface area contributed by atoms with Gasteiger partial charge in [-0.25, -0.2) is 4.98 Å². The van der Waals surface area contributed by atoms with Gasteiger partial charge in [-0.3, -0.25) is 4.79 Å². The van der Waals surface area contributed by atoms with Crippen LogP contribution in [-0.4, -0.2) is 10.9 Å². The van der Waals surface area contributed by atoms with Crippen LogP contribution in [0, 0.1) is 13.8 Å². The second-order valence-corrected chi connectivity index (χ2v) is 4.52. The first-order chi connectivity index (χ1) is 8.99. The predicted molar refractivity (Wildman–Crippen MR) is 72.7 cm³/mol. The van der Waals surface area contributed by atoms with Gasteiger partial charge >= 0.3 is 0 Å². The maximum absolute atomic E-state index is 12.2. The molecule has 0 fully saturated rings.